The van der Waals surface area contributed by atoms with E-state index in [-0.39, 0.29) is 6.03 Å². The largest absolute Gasteiger partial charge is 0.335 e. The van der Waals surface area contributed by atoms with E-state index in [1.807, 2.05) is 4.90 Å². The number of nitrogens with zero attached hydrogens (tertiary/aromatic N) is 1. The van der Waals surface area contributed by atoms with Gasteiger partial charge in [-0.1, -0.05) is 0 Å². The molecule has 2 atom stereocenters. The number of hydrogen-bond acceptors (Lipinski definition) is 2. The van der Waals surface area contributed by atoms with Crippen molar-refractivity contribution in [2.45, 2.75) is 44.7 Å². The van der Waals surface area contributed by atoms with E-state index in [0.29, 0.717) is 24.5 Å². The molecule has 0 aromatic carbocycles. The summed E-state index contributed by atoms with van der Waals surface area (Å²) in [4.78, 5) is 13.9. The van der Waals surface area contributed by atoms with E-state index < -0.39 is 0 Å². The highest BCUT2D eigenvalue weighted by Gasteiger charge is 2.31. The van der Waals surface area contributed by atoms with Gasteiger partial charge in [-0.2, -0.15) is 0 Å². The van der Waals surface area contributed by atoms with Gasteiger partial charge >= 0.3 is 6.03 Å². The van der Waals surface area contributed by atoms with E-state index in [1.54, 1.807) is 0 Å². The Bertz CT molecular complexity index is 240. The minimum atomic E-state index is 0.114. The van der Waals surface area contributed by atoms with Gasteiger partial charge in [-0.15, -0.1) is 0 Å². The van der Waals surface area contributed by atoms with Crippen LogP contribution in [0.3, 0.4) is 0 Å². The first-order chi connectivity index (χ1) is 7.20. The second-order valence-corrected chi connectivity index (χ2v) is 4.90. The summed E-state index contributed by atoms with van der Waals surface area (Å²) < 4.78 is 0. The van der Waals surface area contributed by atoms with Gasteiger partial charge in [0.05, 0.1) is 0 Å². The summed E-state index contributed by atoms with van der Waals surface area (Å²) in [6.45, 7) is 3.65. The van der Waals surface area contributed by atoms with E-state index in [0.717, 1.165) is 32.2 Å². The van der Waals surface area contributed by atoms with E-state index in [1.165, 1.54) is 0 Å². The highest BCUT2D eigenvalue weighted by molar-refractivity contribution is 5.75. The van der Waals surface area contributed by atoms with Crippen molar-refractivity contribution in [2.75, 3.05) is 13.1 Å². The van der Waals surface area contributed by atoms with Crippen molar-refractivity contribution in [3.63, 3.8) is 0 Å². The Morgan fingerprint density at radius 3 is 2.73 bits per heavy atom. The average Bonchev–Trinajstić information content (AvgIpc) is 3.02. The van der Waals surface area contributed by atoms with Crippen molar-refractivity contribution in [1.82, 2.24) is 10.2 Å². The zero-order valence-electron chi connectivity index (χ0n) is 9.41. The monoisotopic (exact) mass is 211 g/mol. The van der Waals surface area contributed by atoms with Gasteiger partial charge in [-0.25, -0.2) is 4.79 Å². The van der Waals surface area contributed by atoms with Gasteiger partial charge in [0.25, 0.3) is 0 Å². The highest BCUT2D eigenvalue weighted by atomic mass is 16.2. The molecule has 1 heterocycles. The summed E-state index contributed by atoms with van der Waals surface area (Å²) in [5.74, 6) is 0.492. The van der Waals surface area contributed by atoms with Crippen LogP contribution in [-0.4, -0.2) is 36.1 Å². The number of piperidine rings is 1. The molecule has 2 rings (SSSR count). The lowest BCUT2D eigenvalue weighted by molar-refractivity contribution is 0.133. The topological polar surface area (TPSA) is 58.4 Å². The fraction of sp³-hybridized carbons (Fsp3) is 0.909. The molecule has 0 spiro atoms. The molecular formula is C11H21N3O. The molecule has 1 aliphatic heterocycles. The van der Waals surface area contributed by atoms with E-state index >= 15 is 0 Å². The SMILES string of the molecule is CC1CCC(CN)CN1C(=O)NC1CC1. The fourth-order valence-corrected chi connectivity index (χ4v) is 2.14. The zero-order valence-corrected chi connectivity index (χ0v) is 9.41. The fourth-order valence-electron chi connectivity index (χ4n) is 2.14. The predicted molar refractivity (Wildman–Crippen MR) is 59.5 cm³/mol. The molecule has 1 aliphatic carbocycles. The van der Waals surface area contributed by atoms with Gasteiger partial charge in [-0.3, -0.25) is 0 Å². The lowest BCUT2D eigenvalue weighted by Crippen LogP contribution is -2.51. The van der Waals surface area contributed by atoms with Gasteiger partial charge < -0.3 is 16.0 Å². The average molecular weight is 211 g/mol. The van der Waals surface area contributed by atoms with Crippen LogP contribution >= 0.6 is 0 Å². The van der Waals surface area contributed by atoms with Crippen molar-refractivity contribution in [2.24, 2.45) is 11.7 Å². The number of amides is 2. The lowest BCUT2D eigenvalue weighted by atomic mass is 9.94. The van der Waals surface area contributed by atoms with Crippen LogP contribution in [0.1, 0.15) is 32.6 Å². The van der Waals surface area contributed by atoms with E-state index in [4.69, 9.17) is 5.73 Å². The Kier molecular flexibility index (Phi) is 3.14. The number of carbonyl (C=O) groups is 1. The minimum absolute atomic E-state index is 0.114. The maximum Gasteiger partial charge on any atom is 0.317 e. The number of nitrogens with one attached hydrogen (secondary N) is 1. The molecule has 0 aromatic rings. The maximum absolute atomic E-state index is 11.9. The van der Waals surface area contributed by atoms with Crippen molar-refractivity contribution >= 4 is 6.03 Å². The Morgan fingerprint density at radius 1 is 1.40 bits per heavy atom. The molecule has 1 saturated carbocycles. The van der Waals surface area contributed by atoms with Gasteiger partial charge in [0.2, 0.25) is 0 Å². The van der Waals surface area contributed by atoms with Crippen LogP contribution in [0.25, 0.3) is 0 Å². The smallest absolute Gasteiger partial charge is 0.317 e. The summed E-state index contributed by atoms with van der Waals surface area (Å²) >= 11 is 0. The first kappa shape index (κ1) is 10.7. The van der Waals surface area contributed by atoms with Crippen LogP contribution in [-0.2, 0) is 0 Å². The standard InChI is InChI=1S/C11H21N3O/c1-8-2-3-9(6-12)7-14(8)11(15)13-10-4-5-10/h8-10H,2-7,12H2,1H3,(H,13,15). The molecule has 15 heavy (non-hydrogen) atoms. The molecule has 4 heteroatoms. The number of rotatable bonds is 2. The number of likely N-dealkylation sites (tertiary alicyclic amines) is 1. The molecule has 3 N–H and O–H groups in total. The van der Waals surface area contributed by atoms with Crippen LogP contribution in [0.2, 0.25) is 0 Å². The van der Waals surface area contributed by atoms with Gasteiger partial charge in [-0.05, 0) is 45.1 Å². The van der Waals surface area contributed by atoms with Crippen molar-refractivity contribution in [3.8, 4) is 0 Å². The van der Waals surface area contributed by atoms with Crippen LogP contribution < -0.4 is 11.1 Å². The molecule has 0 bridgehead atoms. The maximum atomic E-state index is 11.9. The third-order valence-corrected chi connectivity index (χ3v) is 3.48. The number of hydrogen-bond donors (Lipinski definition) is 2. The minimum Gasteiger partial charge on any atom is -0.335 e. The van der Waals surface area contributed by atoms with Crippen molar-refractivity contribution in [1.29, 1.82) is 0 Å². The third-order valence-electron chi connectivity index (χ3n) is 3.48. The molecule has 0 radical (unpaired) electrons. The highest BCUT2D eigenvalue weighted by Crippen LogP contribution is 2.23. The summed E-state index contributed by atoms with van der Waals surface area (Å²) in [6.07, 6.45) is 4.54. The van der Waals surface area contributed by atoms with Crippen LogP contribution in [0.15, 0.2) is 0 Å². The summed E-state index contributed by atoms with van der Waals surface area (Å²) in [7, 11) is 0. The zero-order chi connectivity index (χ0) is 10.8. The summed E-state index contributed by atoms with van der Waals surface area (Å²) in [6, 6.07) is 0.928. The predicted octanol–water partition coefficient (Wildman–Crippen LogP) is 0.918. The molecule has 2 fully saturated rings. The van der Waals surface area contributed by atoms with E-state index in [9.17, 15) is 4.79 Å². The first-order valence-corrected chi connectivity index (χ1v) is 5.98. The second kappa shape index (κ2) is 4.39. The first-order valence-electron chi connectivity index (χ1n) is 5.98. The Hall–Kier alpha value is -0.770. The van der Waals surface area contributed by atoms with E-state index in [2.05, 4.69) is 12.2 Å². The molecule has 4 nitrogen and oxygen atoms in total. The number of nitrogens with two attached hydrogens (primary N) is 1. The Morgan fingerprint density at radius 2 is 2.13 bits per heavy atom. The van der Waals surface area contributed by atoms with Crippen LogP contribution in [0, 0.1) is 5.92 Å². The molecule has 0 aromatic heterocycles. The Balaban J connectivity index is 1.88. The number of carbonyl (C=O) groups excluding carboxylic acids is 1. The molecule has 86 valence electrons. The van der Waals surface area contributed by atoms with Crippen LogP contribution in [0.4, 0.5) is 4.79 Å². The number of urea groups is 1. The van der Waals surface area contributed by atoms with Gasteiger partial charge in [0, 0.05) is 18.6 Å². The van der Waals surface area contributed by atoms with Crippen LogP contribution in [0.5, 0.6) is 0 Å². The summed E-state index contributed by atoms with van der Waals surface area (Å²) in [5.41, 5.74) is 5.67. The summed E-state index contributed by atoms with van der Waals surface area (Å²) in [5, 5.41) is 3.04. The molecule has 2 aliphatic rings. The third kappa shape index (κ3) is 2.62. The Labute approximate surface area is 91.2 Å². The second-order valence-electron chi connectivity index (χ2n) is 4.90. The normalized spacial score (nSPS) is 31.5. The lowest BCUT2D eigenvalue weighted by Gasteiger charge is -2.37. The molecule has 2 unspecified atom stereocenters. The van der Waals surface area contributed by atoms with Gasteiger partial charge in [0.15, 0.2) is 0 Å². The van der Waals surface area contributed by atoms with Crippen molar-refractivity contribution in [3.05, 3.63) is 0 Å². The quantitative estimate of drug-likeness (QED) is 0.713. The molecule has 1 saturated heterocycles. The molecule has 2 amide bonds. The van der Waals surface area contributed by atoms with Crippen molar-refractivity contribution < 1.29 is 4.79 Å². The molecular weight excluding hydrogens is 190 g/mol. The van der Waals surface area contributed by atoms with Gasteiger partial charge in [0.1, 0.15) is 0 Å².